The van der Waals surface area contributed by atoms with Gasteiger partial charge in [0.2, 0.25) is 0 Å². The van der Waals surface area contributed by atoms with Gasteiger partial charge in [-0.1, -0.05) is 18.2 Å². The largest absolute Gasteiger partial charge is 0.469 e. The maximum Gasteiger partial charge on any atom is 0.305 e. The summed E-state index contributed by atoms with van der Waals surface area (Å²) in [5.74, 6) is 1.46. The SMILES string of the molecule is COC(=O)CCCN(C)c1ccc(Oc2ccccc2)cc1. The van der Waals surface area contributed by atoms with Crippen LogP contribution >= 0.6 is 0 Å². The number of nitrogens with zero attached hydrogens (tertiary/aromatic N) is 1. The van der Waals surface area contributed by atoms with Crippen molar-refractivity contribution in [3.63, 3.8) is 0 Å². The maximum absolute atomic E-state index is 11.1. The van der Waals surface area contributed by atoms with E-state index in [-0.39, 0.29) is 5.97 Å². The van der Waals surface area contributed by atoms with Gasteiger partial charge in [-0.3, -0.25) is 4.79 Å². The average molecular weight is 299 g/mol. The summed E-state index contributed by atoms with van der Waals surface area (Å²) < 4.78 is 10.4. The molecule has 0 radical (unpaired) electrons. The third kappa shape index (κ3) is 4.81. The number of carbonyl (C=O) groups is 1. The van der Waals surface area contributed by atoms with Crippen LogP contribution in [-0.4, -0.2) is 26.7 Å². The zero-order chi connectivity index (χ0) is 15.8. The Morgan fingerprint density at radius 2 is 1.64 bits per heavy atom. The molecule has 0 aromatic heterocycles. The van der Waals surface area contributed by atoms with Crippen LogP contribution in [0.15, 0.2) is 54.6 Å². The number of methoxy groups -OCH3 is 1. The summed E-state index contributed by atoms with van der Waals surface area (Å²) in [5.41, 5.74) is 1.09. The van der Waals surface area contributed by atoms with E-state index in [0.717, 1.165) is 30.2 Å². The Balaban J connectivity index is 1.87. The summed E-state index contributed by atoms with van der Waals surface area (Å²) in [6.07, 6.45) is 1.21. The van der Waals surface area contributed by atoms with E-state index in [1.165, 1.54) is 7.11 Å². The number of hydrogen-bond acceptors (Lipinski definition) is 4. The van der Waals surface area contributed by atoms with Crippen LogP contribution < -0.4 is 9.64 Å². The fourth-order valence-corrected chi connectivity index (χ4v) is 2.09. The van der Waals surface area contributed by atoms with Gasteiger partial charge in [0.1, 0.15) is 11.5 Å². The molecule has 4 nitrogen and oxygen atoms in total. The molecule has 0 bridgehead atoms. The number of esters is 1. The fraction of sp³-hybridized carbons (Fsp3) is 0.278. The number of rotatable bonds is 7. The number of benzene rings is 2. The lowest BCUT2D eigenvalue weighted by atomic mass is 10.2. The first-order chi connectivity index (χ1) is 10.7. The highest BCUT2D eigenvalue weighted by molar-refractivity contribution is 5.69. The molecule has 22 heavy (non-hydrogen) atoms. The molecule has 0 fully saturated rings. The van der Waals surface area contributed by atoms with Gasteiger partial charge >= 0.3 is 5.97 Å². The van der Waals surface area contributed by atoms with E-state index in [1.54, 1.807) is 0 Å². The molecule has 0 heterocycles. The van der Waals surface area contributed by atoms with Crippen molar-refractivity contribution in [2.45, 2.75) is 12.8 Å². The smallest absolute Gasteiger partial charge is 0.305 e. The quantitative estimate of drug-likeness (QED) is 0.728. The molecule has 0 saturated heterocycles. The van der Waals surface area contributed by atoms with E-state index in [0.29, 0.717) is 6.42 Å². The Kier molecular flexibility index (Phi) is 5.83. The van der Waals surface area contributed by atoms with Crippen molar-refractivity contribution in [3.05, 3.63) is 54.6 Å². The Morgan fingerprint density at radius 1 is 1.00 bits per heavy atom. The van der Waals surface area contributed by atoms with Crippen LogP contribution in [0.2, 0.25) is 0 Å². The first-order valence-corrected chi connectivity index (χ1v) is 7.30. The van der Waals surface area contributed by atoms with Gasteiger partial charge in [0, 0.05) is 25.7 Å². The Hall–Kier alpha value is -2.49. The summed E-state index contributed by atoms with van der Waals surface area (Å²) >= 11 is 0. The van der Waals surface area contributed by atoms with Gasteiger partial charge in [0.15, 0.2) is 0 Å². The third-order valence-electron chi connectivity index (χ3n) is 3.36. The summed E-state index contributed by atoms with van der Waals surface area (Å²) in [7, 11) is 3.42. The van der Waals surface area contributed by atoms with Crippen molar-refractivity contribution in [2.75, 3.05) is 25.6 Å². The standard InChI is InChI=1S/C18H21NO3/c1-19(14-6-9-18(20)21-2)15-10-12-17(13-11-15)22-16-7-4-3-5-8-16/h3-5,7-8,10-13H,6,9,14H2,1-2H3. The minimum atomic E-state index is -0.167. The zero-order valence-corrected chi connectivity index (χ0v) is 13.0. The van der Waals surface area contributed by atoms with Crippen molar-refractivity contribution in [1.82, 2.24) is 0 Å². The van der Waals surface area contributed by atoms with E-state index in [1.807, 2.05) is 61.6 Å². The van der Waals surface area contributed by atoms with Gasteiger partial charge in [-0.25, -0.2) is 0 Å². The van der Waals surface area contributed by atoms with E-state index in [9.17, 15) is 4.79 Å². The predicted molar refractivity (Wildman–Crippen MR) is 87.5 cm³/mol. The molecule has 0 unspecified atom stereocenters. The lowest BCUT2D eigenvalue weighted by Crippen LogP contribution is -2.19. The second kappa shape index (κ2) is 8.08. The Morgan fingerprint density at radius 3 is 2.27 bits per heavy atom. The highest BCUT2D eigenvalue weighted by Crippen LogP contribution is 2.23. The number of ether oxygens (including phenoxy) is 2. The maximum atomic E-state index is 11.1. The van der Waals surface area contributed by atoms with Gasteiger partial charge in [-0.15, -0.1) is 0 Å². The lowest BCUT2D eigenvalue weighted by molar-refractivity contribution is -0.140. The van der Waals surface area contributed by atoms with Gasteiger partial charge < -0.3 is 14.4 Å². The second-order valence-electron chi connectivity index (χ2n) is 5.01. The molecule has 4 heteroatoms. The lowest BCUT2D eigenvalue weighted by Gasteiger charge is -2.19. The van der Waals surface area contributed by atoms with E-state index >= 15 is 0 Å². The monoisotopic (exact) mass is 299 g/mol. The van der Waals surface area contributed by atoms with Crippen LogP contribution in [0.5, 0.6) is 11.5 Å². The third-order valence-corrected chi connectivity index (χ3v) is 3.36. The molecule has 2 aromatic rings. The molecule has 116 valence electrons. The average Bonchev–Trinajstić information content (AvgIpc) is 2.56. The van der Waals surface area contributed by atoms with Crippen LogP contribution in [-0.2, 0) is 9.53 Å². The van der Waals surface area contributed by atoms with Crippen molar-refractivity contribution < 1.29 is 14.3 Å². The first kappa shape index (κ1) is 15.9. The van der Waals surface area contributed by atoms with Crippen LogP contribution in [0.1, 0.15) is 12.8 Å². The molecule has 0 N–H and O–H groups in total. The summed E-state index contributed by atoms with van der Waals surface area (Å²) in [6, 6.07) is 17.6. The van der Waals surface area contributed by atoms with Gasteiger partial charge in [0.05, 0.1) is 7.11 Å². The number of hydrogen-bond donors (Lipinski definition) is 0. The molecule has 0 amide bonds. The second-order valence-corrected chi connectivity index (χ2v) is 5.01. The van der Waals surface area contributed by atoms with E-state index in [2.05, 4.69) is 9.64 Å². The zero-order valence-electron chi connectivity index (χ0n) is 13.0. The van der Waals surface area contributed by atoms with Gasteiger partial charge in [-0.2, -0.15) is 0 Å². The highest BCUT2D eigenvalue weighted by Gasteiger charge is 2.04. The molecular weight excluding hydrogens is 278 g/mol. The topological polar surface area (TPSA) is 38.8 Å². The molecule has 2 rings (SSSR count). The van der Waals surface area contributed by atoms with Crippen LogP contribution in [0, 0.1) is 0 Å². The number of carbonyl (C=O) groups excluding carboxylic acids is 1. The minimum Gasteiger partial charge on any atom is -0.469 e. The van der Waals surface area contributed by atoms with E-state index < -0.39 is 0 Å². The van der Waals surface area contributed by atoms with Crippen molar-refractivity contribution in [1.29, 1.82) is 0 Å². The highest BCUT2D eigenvalue weighted by atomic mass is 16.5. The van der Waals surface area contributed by atoms with Crippen LogP contribution in [0.25, 0.3) is 0 Å². The molecule has 0 aliphatic rings. The minimum absolute atomic E-state index is 0.167. The predicted octanol–water partition coefficient (Wildman–Crippen LogP) is 3.87. The molecule has 0 saturated carbocycles. The number of anilines is 1. The first-order valence-electron chi connectivity index (χ1n) is 7.30. The van der Waals surface area contributed by atoms with Crippen molar-refractivity contribution >= 4 is 11.7 Å². The van der Waals surface area contributed by atoms with Crippen LogP contribution in [0.4, 0.5) is 5.69 Å². The molecule has 0 aliphatic carbocycles. The van der Waals surface area contributed by atoms with E-state index in [4.69, 9.17) is 4.74 Å². The molecule has 0 atom stereocenters. The molecule has 2 aromatic carbocycles. The van der Waals surface area contributed by atoms with Gasteiger partial charge in [-0.05, 0) is 42.8 Å². The Bertz CT molecular complexity index is 581. The molecule has 0 spiro atoms. The van der Waals surface area contributed by atoms with Crippen LogP contribution in [0.3, 0.4) is 0 Å². The van der Waals surface area contributed by atoms with Crippen molar-refractivity contribution in [3.8, 4) is 11.5 Å². The van der Waals surface area contributed by atoms with Gasteiger partial charge in [0.25, 0.3) is 0 Å². The summed E-state index contributed by atoms with van der Waals surface area (Å²) in [5, 5.41) is 0. The summed E-state index contributed by atoms with van der Waals surface area (Å²) in [4.78, 5) is 13.2. The Labute approximate surface area is 131 Å². The normalized spacial score (nSPS) is 10.1. The van der Waals surface area contributed by atoms with Crippen molar-refractivity contribution in [2.24, 2.45) is 0 Å². The fourth-order valence-electron chi connectivity index (χ4n) is 2.09. The number of para-hydroxylation sites is 1. The molecule has 0 aliphatic heterocycles. The summed E-state index contributed by atoms with van der Waals surface area (Å²) in [6.45, 7) is 0.800. The molecular formula is C18H21NO3.